The van der Waals surface area contributed by atoms with Gasteiger partial charge in [0.05, 0.1) is 11.3 Å². The number of carbonyl (C=O) groups excluding carboxylic acids is 1. The van der Waals surface area contributed by atoms with Crippen molar-refractivity contribution >= 4 is 51.4 Å². The average molecular weight is 518 g/mol. The Balaban J connectivity index is 1.47. The van der Waals surface area contributed by atoms with Crippen LogP contribution in [0.1, 0.15) is 27.2 Å². The predicted molar refractivity (Wildman–Crippen MR) is 139 cm³/mol. The van der Waals surface area contributed by atoms with Crippen molar-refractivity contribution in [1.29, 1.82) is 5.41 Å². The Kier molecular flexibility index (Phi) is 6.33. The Morgan fingerprint density at radius 3 is 2.49 bits per heavy atom. The zero-order valence-corrected chi connectivity index (χ0v) is 19.8. The number of allylic oxidation sites excluding steroid dienone is 5. The smallest absolute Gasteiger partial charge is 0.257 e. The van der Waals surface area contributed by atoms with Crippen LogP contribution in [0, 0.1) is 17.0 Å². The minimum Gasteiger partial charge on any atom is -0.370 e. The molecule has 0 bridgehead atoms. The van der Waals surface area contributed by atoms with Crippen LogP contribution in [0.3, 0.4) is 0 Å². The summed E-state index contributed by atoms with van der Waals surface area (Å²) < 4.78 is 29.4. The highest BCUT2D eigenvalue weighted by molar-refractivity contribution is 6.69. The van der Waals surface area contributed by atoms with E-state index in [2.05, 4.69) is 25.6 Å². The zero-order chi connectivity index (χ0) is 26.1. The van der Waals surface area contributed by atoms with Crippen LogP contribution in [-0.4, -0.2) is 27.0 Å². The molecule has 8 nitrogen and oxygen atoms in total. The van der Waals surface area contributed by atoms with Crippen LogP contribution in [-0.2, 0) is 6.42 Å². The van der Waals surface area contributed by atoms with Gasteiger partial charge in [-0.3, -0.25) is 15.5 Å². The van der Waals surface area contributed by atoms with E-state index in [1.165, 1.54) is 30.5 Å². The van der Waals surface area contributed by atoms with E-state index in [0.29, 0.717) is 34.5 Å². The van der Waals surface area contributed by atoms with Crippen molar-refractivity contribution < 1.29 is 13.6 Å². The number of rotatable bonds is 4. The molecule has 1 aliphatic carbocycles. The van der Waals surface area contributed by atoms with Crippen molar-refractivity contribution in [3.05, 3.63) is 107 Å². The number of halogens is 3. The standard InChI is InChI=1S/C26H18ClF2N7O/c27-21-10-17(22-19(28)2-1-3-20(22)29)16-9-6-14-11-33-26(35-23(14)18(16)12-32-21)34-15-7-4-13(5-8-15)24(37)36-25(30)31/h1-5,7-12H,6H2,(H,33,34,35)(H4,30,31,36,37). The molecule has 0 spiro atoms. The van der Waals surface area contributed by atoms with Crippen LogP contribution in [0.5, 0.6) is 0 Å². The van der Waals surface area contributed by atoms with Crippen LogP contribution in [0.25, 0.3) is 11.1 Å². The summed E-state index contributed by atoms with van der Waals surface area (Å²) in [5.74, 6) is -2.11. The fourth-order valence-electron chi connectivity index (χ4n) is 4.04. The Hall–Kier alpha value is -4.70. The van der Waals surface area contributed by atoms with Gasteiger partial charge in [0.25, 0.3) is 5.91 Å². The second-order valence-corrected chi connectivity index (χ2v) is 8.50. The number of nitrogens with one attached hydrogen (secondary N) is 3. The molecule has 2 aliphatic rings. The molecule has 1 amide bonds. The van der Waals surface area contributed by atoms with Crippen LogP contribution < -0.4 is 16.4 Å². The number of benzene rings is 2. The SMILES string of the molecule is N=C(N)NC(=O)c1ccc(Nc2ncc3c(n2)C2=CN=C(Cl)C=C(c4c(F)cccc4F)C2=CC3)cc1. The molecule has 2 aromatic carbocycles. The van der Waals surface area contributed by atoms with Crippen molar-refractivity contribution in [1.82, 2.24) is 15.3 Å². The first-order valence-electron chi connectivity index (χ1n) is 11.0. The van der Waals surface area contributed by atoms with Crippen LogP contribution >= 0.6 is 11.6 Å². The van der Waals surface area contributed by atoms with Gasteiger partial charge in [-0.05, 0) is 60.0 Å². The third kappa shape index (κ3) is 4.87. The number of nitrogens with zero attached hydrogens (tertiary/aromatic N) is 3. The molecule has 184 valence electrons. The summed E-state index contributed by atoms with van der Waals surface area (Å²) >= 11 is 6.23. The van der Waals surface area contributed by atoms with E-state index in [1.807, 2.05) is 6.08 Å². The van der Waals surface area contributed by atoms with Gasteiger partial charge in [0.15, 0.2) is 5.96 Å². The van der Waals surface area contributed by atoms with Gasteiger partial charge < -0.3 is 11.1 Å². The van der Waals surface area contributed by atoms with Gasteiger partial charge in [0, 0.05) is 34.8 Å². The second-order valence-electron chi connectivity index (χ2n) is 8.11. The molecule has 1 aromatic heterocycles. The molecule has 1 aliphatic heterocycles. The molecular formula is C26H18ClF2N7O. The van der Waals surface area contributed by atoms with Gasteiger partial charge in [-0.1, -0.05) is 23.7 Å². The van der Waals surface area contributed by atoms with Gasteiger partial charge in [-0.15, -0.1) is 0 Å². The van der Waals surface area contributed by atoms with Gasteiger partial charge >= 0.3 is 0 Å². The lowest BCUT2D eigenvalue weighted by atomic mass is 9.84. The molecule has 0 saturated heterocycles. The Morgan fingerprint density at radius 2 is 1.78 bits per heavy atom. The van der Waals surface area contributed by atoms with E-state index in [9.17, 15) is 13.6 Å². The summed E-state index contributed by atoms with van der Waals surface area (Å²) in [6, 6.07) is 10.1. The summed E-state index contributed by atoms with van der Waals surface area (Å²) in [6.45, 7) is 0. The highest BCUT2D eigenvalue weighted by atomic mass is 35.5. The number of nitrogens with two attached hydrogens (primary N) is 1. The first-order valence-corrected chi connectivity index (χ1v) is 11.4. The summed E-state index contributed by atoms with van der Waals surface area (Å²) in [5, 5.41) is 12.5. The zero-order valence-electron chi connectivity index (χ0n) is 19.0. The molecule has 0 radical (unpaired) electrons. The van der Waals surface area contributed by atoms with E-state index >= 15 is 0 Å². The maximum atomic E-state index is 14.7. The molecule has 0 saturated carbocycles. The fraction of sp³-hybridized carbons (Fsp3) is 0.0385. The van der Waals surface area contributed by atoms with Crippen LogP contribution in [0.4, 0.5) is 20.4 Å². The minimum absolute atomic E-state index is 0.0725. The number of guanidine groups is 1. The summed E-state index contributed by atoms with van der Waals surface area (Å²) in [4.78, 5) is 25.2. The van der Waals surface area contributed by atoms with Gasteiger partial charge in [0.2, 0.25) is 5.95 Å². The lowest BCUT2D eigenvalue weighted by Gasteiger charge is -2.22. The quantitative estimate of drug-likeness (QED) is 0.295. The number of hydrogen-bond acceptors (Lipinski definition) is 6. The van der Waals surface area contributed by atoms with Crippen molar-refractivity contribution in [3.63, 3.8) is 0 Å². The van der Waals surface area contributed by atoms with Gasteiger partial charge in [-0.25, -0.2) is 23.7 Å². The van der Waals surface area contributed by atoms with Gasteiger partial charge in [-0.2, -0.15) is 0 Å². The monoisotopic (exact) mass is 517 g/mol. The highest BCUT2D eigenvalue weighted by Crippen LogP contribution is 2.41. The third-order valence-electron chi connectivity index (χ3n) is 5.69. The number of fused-ring (bicyclic) bond motifs is 3. The van der Waals surface area contributed by atoms with Gasteiger partial charge in [0.1, 0.15) is 16.8 Å². The van der Waals surface area contributed by atoms with Crippen LogP contribution in [0.2, 0.25) is 0 Å². The normalized spacial score (nSPS) is 14.1. The molecule has 2 heterocycles. The molecule has 0 unspecified atom stereocenters. The number of aliphatic imine (C=N–C) groups is 1. The number of amides is 1. The van der Waals surface area contributed by atoms with E-state index in [0.717, 1.165) is 5.56 Å². The van der Waals surface area contributed by atoms with E-state index < -0.39 is 23.5 Å². The van der Waals surface area contributed by atoms with Crippen molar-refractivity contribution in [2.45, 2.75) is 6.42 Å². The van der Waals surface area contributed by atoms with Crippen molar-refractivity contribution in [2.24, 2.45) is 10.7 Å². The van der Waals surface area contributed by atoms with Crippen molar-refractivity contribution in [2.75, 3.05) is 5.32 Å². The largest absolute Gasteiger partial charge is 0.370 e. The topological polar surface area (TPSA) is 129 Å². The van der Waals surface area contributed by atoms with E-state index in [-0.39, 0.29) is 22.3 Å². The lowest BCUT2D eigenvalue weighted by molar-refractivity contribution is 0.0976. The second kappa shape index (κ2) is 9.75. The molecule has 3 aromatic rings. The van der Waals surface area contributed by atoms with E-state index in [4.69, 9.17) is 22.7 Å². The molecular weight excluding hydrogens is 500 g/mol. The molecule has 11 heteroatoms. The lowest BCUT2D eigenvalue weighted by Crippen LogP contribution is -2.35. The average Bonchev–Trinajstić information content (AvgIpc) is 3.03. The Labute approximate surface area is 214 Å². The third-order valence-corrected chi connectivity index (χ3v) is 5.90. The number of hydrogen-bond donors (Lipinski definition) is 4. The number of aromatic nitrogens is 2. The number of carbonyl (C=O) groups is 1. The fourth-order valence-corrected chi connectivity index (χ4v) is 4.19. The molecule has 5 rings (SSSR count). The molecule has 37 heavy (non-hydrogen) atoms. The van der Waals surface area contributed by atoms with E-state index in [1.54, 1.807) is 30.5 Å². The summed E-state index contributed by atoms with van der Waals surface area (Å²) in [7, 11) is 0. The molecule has 5 N–H and O–H groups in total. The molecule has 0 fully saturated rings. The van der Waals surface area contributed by atoms with Crippen molar-refractivity contribution in [3.8, 4) is 0 Å². The summed E-state index contributed by atoms with van der Waals surface area (Å²) in [6.07, 6.45) is 6.91. The predicted octanol–water partition coefficient (Wildman–Crippen LogP) is 4.68. The first-order chi connectivity index (χ1) is 17.8. The molecule has 0 atom stereocenters. The maximum Gasteiger partial charge on any atom is 0.257 e. The minimum atomic E-state index is -0.714. The first kappa shape index (κ1) is 24.0. The Bertz CT molecular complexity index is 1560. The van der Waals surface area contributed by atoms with Crippen LogP contribution in [0.15, 0.2) is 77.6 Å². The number of anilines is 2. The maximum absolute atomic E-state index is 14.7. The Morgan fingerprint density at radius 1 is 1.05 bits per heavy atom. The highest BCUT2D eigenvalue weighted by Gasteiger charge is 2.27. The summed E-state index contributed by atoms with van der Waals surface area (Å²) in [5.41, 5.74) is 8.65.